The Hall–Kier alpha value is -1.48. The Bertz CT molecular complexity index is 847. The highest BCUT2D eigenvalue weighted by Gasteiger charge is 2.34. The van der Waals surface area contributed by atoms with Crippen molar-refractivity contribution in [2.45, 2.75) is 68.7 Å². The van der Waals surface area contributed by atoms with Crippen molar-refractivity contribution < 1.29 is 18.0 Å². The number of amides is 1. The summed E-state index contributed by atoms with van der Waals surface area (Å²) in [5, 5.41) is 7.36. The zero-order valence-electron chi connectivity index (χ0n) is 15.1. The summed E-state index contributed by atoms with van der Waals surface area (Å²) in [6.07, 6.45) is -0.643. The van der Waals surface area contributed by atoms with E-state index in [1.165, 1.54) is 4.40 Å². The van der Waals surface area contributed by atoms with E-state index >= 15 is 0 Å². The van der Waals surface area contributed by atoms with Gasteiger partial charge < -0.3 is 4.90 Å². The van der Waals surface area contributed by atoms with Crippen molar-refractivity contribution in [1.82, 2.24) is 19.5 Å². The zero-order chi connectivity index (χ0) is 19.9. The van der Waals surface area contributed by atoms with E-state index in [9.17, 15) is 18.0 Å². The van der Waals surface area contributed by atoms with Crippen LogP contribution in [0.25, 0.3) is 5.65 Å². The number of thioether (sulfide) groups is 1. The molecule has 2 aromatic heterocycles. The Labute approximate surface area is 164 Å². The lowest BCUT2D eigenvalue weighted by molar-refractivity contribution is -0.138. The van der Waals surface area contributed by atoms with Crippen molar-refractivity contribution >= 4 is 34.9 Å². The Morgan fingerprint density at radius 3 is 2.52 bits per heavy atom. The van der Waals surface area contributed by atoms with Gasteiger partial charge in [0.2, 0.25) is 5.91 Å². The van der Waals surface area contributed by atoms with Crippen LogP contribution in [0.5, 0.6) is 0 Å². The average molecular weight is 421 g/mol. The Kier molecular flexibility index (Phi) is 5.63. The highest BCUT2D eigenvalue weighted by molar-refractivity contribution is 8.00. The average Bonchev–Trinajstić information content (AvgIpc) is 2.97. The number of halogens is 4. The summed E-state index contributed by atoms with van der Waals surface area (Å²) in [4.78, 5) is 14.8. The van der Waals surface area contributed by atoms with Gasteiger partial charge in [-0.1, -0.05) is 23.4 Å². The second kappa shape index (κ2) is 7.50. The summed E-state index contributed by atoms with van der Waals surface area (Å²) in [7, 11) is 0. The van der Waals surface area contributed by atoms with Crippen LogP contribution >= 0.6 is 23.4 Å². The Morgan fingerprint density at radius 2 is 1.93 bits per heavy atom. The Balaban J connectivity index is 1.87. The van der Waals surface area contributed by atoms with Gasteiger partial charge in [-0.2, -0.15) is 13.2 Å². The van der Waals surface area contributed by atoms with Crippen molar-refractivity contribution in [3.63, 3.8) is 0 Å². The molecule has 5 nitrogen and oxygen atoms in total. The lowest BCUT2D eigenvalue weighted by Gasteiger charge is -2.40. The molecule has 0 unspecified atom stereocenters. The molecule has 0 N–H and O–H groups in total. The lowest BCUT2D eigenvalue weighted by Crippen LogP contribution is -2.50. The van der Waals surface area contributed by atoms with Gasteiger partial charge in [0.05, 0.1) is 15.8 Å². The molecule has 0 spiro atoms. The lowest BCUT2D eigenvalue weighted by atomic mass is 9.97. The van der Waals surface area contributed by atoms with E-state index in [0.29, 0.717) is 0 Å². The minimum atomic E-state index is -4.54. The fourth-order valence-corrected chi connectivity index (χ4v) is 4.57. The molecule has 27 heavy (non-hydrogen) atoms. The smallest absolute Gasteiger partial charge is 0.336 e. The quantitative estimate of drug-likeness (QED) is 0.677. The van der Waals surface area contributed by atoms with Gasteiger partial charge in [0, 0.05) is 18.3 Å². The van der Waals surface area contributed by atoms with Crippen molar-refractivity contribution in [3.8, 4) is 0 Å². The number of alkyl halides is 3. The van der Waals surface area contributed by atoms with Gasteiger partial charge in [0.1, 0.15) is 0 Å². The van der Waals surface area contributed by atoms with E-state index in [-0.39, 0.29) is 33.8 Å². The van der Waals surface area contributed by atoms with E-state index in [1.807, 2.05) is 18.7 Å². The van der Waals surface area contributed by atoms with Gasteiger partial charge in [-0.15, -0.1) is 10.2 Å². The molecule has 1 saturated heterocycles. The minimum absolute atomic E-state index is 0.0467. The fraction of sp³-hybridized carbons (Fsp3) is 0.588. The molecule has 3 heterocycles. The van der Waals surface area contributed by atoms with Crippen molar-refractivity contribution in [3.05, 3.63) is 22.8 Å². The third-order valence-corrected chi connectivity index (χ3v) is 6.16. The summed E-state index contributed by atoms with van der Waals surface area (Å²) in [6, 6.07) is 1.11. The number of likely N-dealkylation sites (tertiary alicyclic amines) is 1. The molecule has 0 saturated carbocycles. The predicted molar refractivity (Wildman–Crippen MR) is 97.9 cm³/mol. The summed E-state index contributed by atoms with van der Waals surface area (Å²) in [6.45, 7) is 5.77. The molecular formula is C17H20ClF3N4OS. The molecule has 0 radical (unpaired) electrons. The first-order valence-corrected chi connectivity index (χ1v) is 9.95. The van der Waals surface area contributed by atoms with Crippen LogP contribution in [-0.4, -0.2) is 42.7 Å². The first kappa shape index (κ1) is 20.3. The number of aromatic nitrogens is 3. The molecule has 3 atom stereocenters. The molecule has 0 aromatic carbocycles. The molecule has 0 aliphatic carbocycles. The molecule has 2 aromatic rings. The maximum Gasteiger partial charge on any atom is 0.417 e. The SMILES string of the molecule is C[C@H](Sc1nnc2c(Cl)cc(C(F)(F)F)cn12)C(=O)N1[C@H](C)CCC[C@@H]1C. The van der Waals surface area contributed by atoms with Crippen LogP contribution in [0.15, 0.2) is 17.4 Å². The van der Waals surface area contributed by atoms with Gasteiger partial charge in [-0.05, 0) is 46.1 Å². The summed E-state index contributed by atoms with van der Waals surface area (Å²) >= 11 is 7.02. The standard InChI is InChI=1S/C17H20ClF3N4OS/c1-9-5-4-6-10(2)25(9)15(26)11(3)27-16-23-22-14-13(18)7-12(8-24(14)16)17(19,20)21/h7-11H,4-6H2,1-3H3/t9-,10+,11-/m0/s1. The Morgan fingerprint density at radius 1 is 1.30 bits per heavy atom. The first-order valence-electron chi connectivity index (χ1n) is 8.70. The minimum Gasteiger partial charge on any atom is -0.336 e. The van der Waals surface area contributed by atoms with Gasteiger partial charge in [-0.3, -0.25) is 9.20 Å². The fourth-order valence-electron chi connectivity index (χ4n) is 3.44. The van der Waals surface area contributed by atoms with Gasteiger partial charge in [-0.25, -0.2) is 0 Å². The largest absolute Gasteiger partial charge is 0.417 e. The zero-order valence-corrected chi connectivity index (χ0v) is 16.7. The highest BCUT2D eigenvalue weighted by atomic mass is 35.5. The molecule has 10 heteroatoms. The molecule has 1 aliphatic rings. The van der Waals surface area contributed by atoms with Crippen molar-refractivity contribution in [1.29, 1.82) is 0 Å². The number of nitrogens with zero attached hydrogens (tertiary/aromatic N) is 4. The van der Waals surface area contributed by atoms with E-state index in [4.69, 9.17) is 11.6 Å². The van der Waals surface area contributed by atoms with Gasteiger partial charge >= 0.3 is 6.18 Å². The van der Waals surface area contributed by atoms with E-state index < -0.39 is 17.0 Å². The maximum atomic E-state index is 13.1. The number of hydrogen-bond donors (Lipinski definition) is 0. The second-order valence-electron chi connectivity index (χ2n) is 6.89. The van der Waals surface area contributed by atoms with Gasteiger partial charge in [0.25, 0.3) is 0 Å². The monoisotopic (exact) mass is 420 g/mol. The topological polar surface area (TPSA) is 50.5 Å². The summed E-state index contributed by atoms with van der Waals surface area (Å²) < 4.78 is 40.4. The molecule has 1 amide bonds. The predicted octanol–water partition coefficient (Wildman–Crippen LogP) is 4.67. The highest BCUT2D eigenvalue weighted by Crippen LogP contribution is 2.34. The number of pyridine rings is 1. The van der Waals surface area contributed by atoms with Gasteiger partial charge in [0.15, 0.2) is 10.8 Å². The van der Waals surface area contributed by atoms with Crippen LogP contribution in [0.2, 0.25) is 5.02 Å². The van der Waals surface area contributed by atoms with E-state index in [1.54, 1.807) is 6.92 Å². The summed E-state index contributed by atoms with van der Waals surface area (Å²) in [5.41, 5.74) is -0.759. The number of carbonyl (C=O) groups is 1. The summed E-state index contributed by atoms with van der Waals surface area (Å²) in [5.74, 6) is -0.0467. The second-order valence-corrected chi connectivity index (χ2v) is 8.60. The number of carbonyl (C=O) groups excluding carboxylic acids is 1. The number of fused-ring (bicyclic) bond motifs is 1. The van der Waals surface area contributed by atoms with E-state index in [2.05, 4.69) is 10.2 Å². The van der Waals surface area contributed by atoms with Crippen LogP contribution in [0, 0.1) is 0 Å². The normalized spacial score (nSPS) is 22.3. The molecule has 3 rings (SSSR count). The number of rotatable bonds is 3. The maximum absolute atomic E-state index is 13.1. The molecule has 1 fully saturated rings. The molecule has 148 valence electrons. The van der Waals surface area contributed by atoms with Crippen LogP contribution in [0.3, 0.4) is 0 Å². The molecule has 0 bridgehead atoms. The molecular weight excluding hydrogens is 401 g/mol. The first-order chi connectivity index (χ1) is 12.6. The van der Waals surface area contributed by atoms with Crippen molar-refractivity contribution in [2.24, 2.45) is 0 Å². The third-order valence-electron chi connectivity index (χ3n) is 4.83. The van der Waals surface area contributed by atoms with Crippen LogP contribution in [0.4, 0.5) is 13.2 Å². The van der Waals surface area contributed by atoms with E-state index in [0.717, 1.165) is 43.3 Å². The molecule has 1 aliphatic heterocycles. The van der Waals surface area contributed by atoms with Crippen molar-refractivity contribution in [2.75, 3.05) is 0 Å². The van der Waals surface area contributed by atoms with Crippen LogP contribution in [-0.2, 0) is 11.0 Å². The van der Waals surface area contributed by atoms with Crippen LogP contribution in [0.1, 0.15) is 45.6 Å². The van der Waals surface area contributed by atoms with Crippen LogP contribution < -0.4 is 0 Å². The third kappa shape index (κ3) is 4.03. The number of piperidine rings is 1. The number of hydrogen-bond acceptors (Lipinski definition) is 4.